The SMILES string of the molecule is CN=C(NCCc1ccc(OCC(C)C)cc1)N1CCN(Cc2ccon2)CC1. The first-order chi connectivity index (χ1) is 14.1. The lowest BCUT2D eigenvalue weighted by Crippen LogP contribution is -2.52. The van der Waals surface area contributed by atoms with E-state index in [-0.39, 0.29) is 0 Å². The first kappa shape index (κ1) is 21.2. The molecule has 0 bridgehead atoms. The van der Waals surface area contributed by atoms with E-state index in [9.17, 15) is 0 Å². The number of benzene rings is 1. The fourth-order valence-corrected chi connectivity index (χ4v) is 3.33. The van der Waals surface area contributed by atoms with Gasteiger partial charge in [-0.05, 0) is 30.0 Å². The number of aromatic nitrogens is 1. The van der Waals surface area contributed by atoms with Crippen LogP contribution in [0.25, 0.3) is 0 Å². The Bertz CT molecular complexity index is 735. The molecule has 0 amide bonds. The molecule has 7 heteroatoms. The van der Waals surface area contributed by atoms with Gasteiger partial charge in [0.15, 0.2) is 5.96 Å². The summed E-state index contributed by atoms with van der Waals surface area (Å²) in [6.45, 7) is 10.7. The molecule has 0 atom stereocenters. The molecule has 7 nitrogen and oxygen atoms in total. The van der Waals surface area contributed by atoms with E-state index >= 15 is 0 Å². The molecule has 1 aliphatic rings. The largest absolute Gasteiger partial charge is 0.493 e. The van der Waals surface area contributed by atoms with Crippen LogP contribution in [0.3, 0.4) is 0 Å². The van der Waals surface area contributed by atoms with Crippen molar-refractivity contribution in [2.75, 3.05) is 46.4 Å². The Morgan fingerprint density at radius 2 is 1.93 bits per heavy atom. The summed E-state index contributed by atoms with van der Waals surface area (Å²) >= 11 is 0. The second-order valence-electron chi connectivity index (χ2n) is 7.83. The summed E-state index contributed by atoms with van der Waals surface area (Å²) in [7, 11) is 1.85. The molecular weight excluding hydrogens is 366 g/mol. The smallest absolute Gasteiger partial charge is 0.193 e. The fraction of sp³-hybridized carbons (Fsp3) is 0.545. The topological polar surface area (TPSA) is 66.1 Å². The monoisotopic (exact) mass is 399 g/mol. The van der Waals surface area contributed by atoms with E-state index in [0.29, 0.717) is 5.92 Å². The van der Waals surface area contributed by atoms with E-state index < -0.39 is 0 Å². The van der Waals surface area contributed by atoms with E-state index in [2.05, 4.69) is 63.4 Å². The van der Waals surface area contributed by atoms with E-state index in [1.165, 1.54) is 5.56 Å². The maximum Gasteiger partial charge on any atom is 0.193 e. The third-order valence-electron chi connectivity index (χ3n) is 4.96. The van der Waals surface area contributed by atoms with Gasteiger partial charge in [-0.3, -0.25) is 9.89 Å². The number of hydrogen-bond acceptors (Lipinski definition) is 5. The highest BCUT2D eigenvalue weighted by atomic mass is 16.5. The summed E-state index contributed by atoms with van der Waals surface area (Å²) in [4.78, 5) is 9.18. The number of aliphatic imine (C=N–C) groups is 1. The van der Waals surface area contributed by atoms with Gasteiger partial charge in [0.25, 0.3) is 0 Å². The zero-order chi connectivity index (χ0) is 20.5. The molecule has 0 saturated carbocycles. The molecule has 0 aliphatic carbocycles. The molecule has 0 radical (unpaired) electrons. The molecule has 2 aromatic rings. The van der Waals surface area contributed by atoms with Crippen molar-refractivity contribution in [1.29, 1.82) is 0 Å². The number of nitrogens with one attached hydrogen (secondary N) is 1. The molecule has 1 N–H and O–H groups in total. The van der Waals surface area contributed by atoms with Crippen LogP contribution in [0.15, 0.2) is 46.1 Å². The third-order valence-corrected chi connectivity index (χ3v) is 4.96. The van der Waals surface area contributed by atoms with Crippen molar-refractivity contribution in [3.05, 3.63) is 47.9 Å². The number of hydrogen-bond donors (Lipinski definition) is 1. The van der Waals surface area contributed by atoms with E-state index in [1.807, 2.05) is 13.1 Å². The van der Waals surface area contributed by atoms with Gasteiger partial charge in [-0.15, -0.1) is 0 Å². The average molecular weight is 400 g/mol. The van der Waals surface area contributed by atoms with E-state index in [0.717, 1.165) is 69.7 Å². The molecule has 1 aromatic carbocycles. The van der Waals surface area contributed by atoms with E-state index in [1.54, 1.807) is 6.26 Å². The van der Waals surface area contributed by atoms with Crippen LogP contribution in [0, 0.1) is 5.92 Å². The lowest BCUT2D eigenvalue weighted by atomic mass is 10.1. The maximum absolute atomic E-state index is 5.75. The van der Waals surface area contributed by atoms with Crippen LogP contribution in [0.2, 0.25) is 0 Å². The van der Waals surface area contributed by atoms with Crippen LogP contribution < -0.4 is 10.1 Å². The Morgan fingerprint density at radius 1 is 1.17 bits per heavy atom. The summed E-state index contributed by atoms with van der Waals surface area (Å²) in [5.41, 5.74) is 2.28. The van der Waals surface area contributed by atoms with Gasteiger partial charge in [0.05, 0.1) is 12.3 Å². The molecule has 0 spiro atoms. The lowest BCUT2D eigenvalue weighted by molar-refractivity contribution is 0.169. The second-order valence-corrected chi connectivity index (χ2v) is 7.83. The van der Waals surface area contributed by atoms with Crippen LogP contribution in [-0.4, -0.2) is 67.3 Å². The third kappa shape index (κ3) is 6.78. The van der Waals surface area contributed by atoms with E-state index in [4.69, 9.17) is 9.26 Å². The molecule has 0 unspecified atom stereocenters. The van der Waals surface area contributed by atoms with Gasteiger partial charge in [0.2, 0.25) is 0 Å². The van der Waals surface area contributed by atoms with Gasteiger partial charge >= 0.3 is 0 Å². The van der Waals surface area contributed by atoms with Crippen LogP contribution in [0.5, 0.6) is 5.75 Å². The van der Waals surface area contributed by atoms with Gasteiger partial charge in [0.1, 0.15) is 12.0 Å². The van der Waals surface area contributed by atoms with Gasteiger partial charge in [-0.2, -0.15) is 0 Å². The zero-order valence-corrected chi connectivity index (χ0v) is 17.8. The summed E-state index contributed by atoms with van der Waals surface area (Å²) in [5.74, 6) is 2.45. The number of piperazine rings is 1. The number of guanidine groups is 1. The molecule has 1 fully saturated rings. The molecule has 1 saturated heterocycles. The Hall–Kier alpha value is -2.54. The van der Waals surface area contributed by atoms with Crippen molar-refractivity contribution in [2.24, 2.45) is 10.9 Å². The molecule has 1 aliphatic heterocycles. The minimum Gasteiger partial charge on any atom is -0.493 e. The minimum atomic E-state index is 0.537. The zero-order valence-electron chi connectivity index (χ0n) is 17.8. The van der Waals surface area contributed by atoms with Gasteiger partial charge < -0.3 is 19.5 Å². The van der Waals surface area contributed by atoms with Crippen LogP contribution in [0.1, 0.15) is 25.1 Å². The van der Waals surface area contributed by atoms with Crippen molar-refractivity contribution in [3.8, 4) is 5.75 Å². The van der Waals surface area contributed by atoms with Crippen molar-refractivity contribution >= 4 is 5.96 Å². The first-order valence-corrected chi connectivity index (χ1v) is 10.4. The normalized spacial score (nSPS) is 15.7. The highest BCUT2D eigenvalue weighted by Gasteiger charge is 2.20. The molecular formula is C22H33N5O2. The summed E-state index contributed by atoms with van der Waals surface area (Å²) in [5, 5.41) is 7.50. The number of nitrogens with zero attached hydrogens (tertiary/aromatic N) is 4. The van der Waals surface area contributed by atoms with Gasteiger partial charge in [-0.1, -0.05) is 31.1 Å². The Morgan fingerprint density at radius 3 is 2.55 bits per heavy atom. The Kier molecular flexibility index (Phi) is 7.93. The predicted octanol–water partition coefficient (Wildman–Crippen LogP) is 2.65. The van der Waals surface area contributed by atoms with Crippen molar-refractivity contribution < 1.29 is 9.26 Å². The lowest BCUT2D eigenvalue weighted by Gasteiger charge is -2.36. The molecule has 3 rings (SSSR count). The summed E-state index contributed by atoms with van der Waals surface area (Å²) in [6.07, 6.45) is 2.58. The fourth-order valence-electron chi connectivity index (χ4n) is 3.33. The van der Waals surface area contributed by atoms with Gasteiger partial charge in [-0.25, -0.2) is 0 Å². The highest BCUT2D eigenvalue weighted by Crippen LogP contribution is 2.13. The summed E-state index contributed by atoms with van der Waals surface area (Å²) < 4.78 is 10.7. The maximum atomic E-state index is 5.75. The molecule has 158 valence electrons. The standard InChI is InChI=1S/C22H33N5O2/c1-18(2)17-28-21-6-4-19(5-7-21)8-10-24-22(23-3)27-13-11-26(12-14-27)16-20-9-15-29-25-20/h4-7,9,15,18H,8,10-14,16-17H2,1-3H3,(H,23,24). The van der Waals surface area contributed by atoms with Crippen molar-refractivity contribution in [1.82, 2.24) is 20.3 Å². The summed E-state index contributed by atoms with van der Waals surface area (Å²) in [6, 6.07) is 10.3. The van der Waals surface area contributed by atoms with Crippen molar-refractivity contribution in [2.45, 2.75) is 26.8 Å². The Labute approximate surface area is 173 Å². The quantitative estimate of drug-likeness (QED) is 0.544. The van der Waals surface area contributed by atoms with Crippen LogP contribution >= 0.6 is 0 Å². The van der Waals surface area contributed by atoms with Crippen LogP contribution in [-0.2, 0) is 13.0 Å². The Balaban J connectivity index is 1.38. The van der Waals surface area contributed by atoms with Gasteiger partial charge in [0, 0.05) is 52.4 Å². The van der Waals surface area contributed by atoms with Crippen LogP contribution in [0.4, 0.5) is 0 Å². The number of ether oxygens (including phenoxy) is 1. The first-order valence-electron chi connectivity index (χ1n) is 10.4. The molecule has 1 aromatic heterocycles. The van der Waals surface area contributed by atoms with Crippen molar-refractivity contribution in [3.63, 3.8) is 0 Å². The number of rotatable bonds is 8. The highest BCUT2D eigenvalue weighted by molar-refractivity contribution is 5.80. The second kappa shape index (κ2) is 10.9. The molecule has 2 heterocycles. The molecule has 29 heavy (non-hydrogen) atoms. The average Bonchev–Trinajstić information content (AvgIpc) is 3.24. The predicted molar refractivity (Wildman–Crippen MR) is 115 cm³/mol. The minimum absolute atomic E-state index is 0.537.